The Morgan fingerprint density at radius 3 is 2.11 bits per heavy atom. The summed E-state index contributed by atoms with van der Waals surface area (Å²) in [5.74, 6) is -0.979. The molecular weight excluding hydrogens is 232 g/mol. The number of rotatable bonds is 5. The molecule has 106 valence electrons. The number of amides is 2. The fraction of sp³-hybridized carbons (Fsp3) is 0.846. The van der Waals surface area contributed by atoms with E-state index in [1.54, 1.807) is 11.9 Å². The number of carboxylic acids is 1. The molecule has 5 heteroatoms. The van der Waals surface area contributed by atoms with Gasteiger partial charge in [0.25, 0.3) is 0 Å². The topological polar surface area (TPSA) is 60.9 Å². The molecule has 0 saturated heterocycles. The van der Waals surface area contributed by atoms with Crippen LogP contribution in [0.25, 0.3) is 0 Å². The van der Waals surface area contributed by atoms with Crippen LogP contribution in [0.4, 0.5) is 4.79 Å². The first-order valence-electron chi connectivity index (χ1n) is 6.32. The molecule has 0 aromatic heterocycles. The molecule has 0 radical (unpaired) electrons. The van der Waals surface area contributed by atoms with Crippen molar-refractivity contribution < 1.29 is 14.7 Å². The Morgan fingerprint density at radius 2 is 1.78 bits per heavy atom. The Bertz CT molecular complexity index is 297. The summed E-state index contributed by atoms with van der Waals surface area (Å²) < 4.78 is 0. The molecule has 18 heavy (non-hydrogen) atoms. The Balaban J connectivity index is 4.79. The van der Waals surface area contributed by atoms with Crippen LogP contribution in [-0.4, -0.2) is 53.1 Å². The highest BCUT2D eigenvalue weighted by molar-refractivity contribution is 5.80. The lowest BCUT2D eigenvalue weighted by molar-refractivity contribution is -0.138. The van der Waals surface area contributed by atoms with Crippen molar-refractivity contribution in [3.8, 4) is 0 Å². The van der Waals surface area contributed by atoms with Gasteiger partial charge < -0.3 is 14.9 Å². The lowest BCUT2D eigenvalue weighted by atomic mass is 9.96. The molecule has 0 heterocycles. The molecule has 0 aliphatic heterocycles. The summed E-state index contributed by atoms with van der Waals surface area (Å²) >= 11 is 0. The minimum atomic E-state index is -0.979. The predicted octanol–water partition coefficient (Wildman–Crippen LogP) is 2.27. The predicted molar refractivity (Wildman–Crippen MR) is 71.6 cm³/mol. The first-order chi connectivity index (χ1) is 8.08. The van der Waals surface area contributed by atoms with Crippen LogP contribution in [0.1, 0.15) is 41.0 Å². The van der Waals surface area contributed by atoms with E-state index in [0.29, 0.717) is 6.54 Å². The number of nitrogens with zero attached hydrogens (tertiary/aromatic N) is 2. The summed E-state index contributed by atoms with van der Waals surface area (Å²) in [4.78, 5) is 26.1. The Morgan fingerprint density at radius 1 is 1.28 bits per heavy atom. The van der Waals surface area contributed by atoms with Gasteiger partial charge in [0.1, 0.15) is 6.54 Å². The molecular formula is C13H26N2O3. The van der Waals surface area contributed by atoms with E-state index in [1.807, 2.05) is 34.6 Å². The van der Waals surface area contributed by atoms with E-state index in [9.17, 15) is 9.59 Å². The van der Waals surface area contributed by atoms with Crippen molar-refractivity contribution in [3.63, 3.8) is 0 Å². The van der Waals surface area contributed by atoms with Crippen LogP contribution in [-0.2, 0) is 4.79 Å². The van der Waals surface area contributed by atoms with Crippen LogP contribution in [0.5, 0.6) is 0 Å². The lowest BCUT2D eigenvalue weighted by Crippen LogP contribution is -2.49. The highest BCUT2D eigenvalue weighted by Gasteiger charge is 2.26. The van der Waals surface area contributed by atoms with Gasteiger partial charge in [-0.05, 0) is 18.8 Å². The number of carboxylic acid groups (broad SMARTS) is 1. The minimum absolute atomic E-state index is 0.00520. The fourth-order valence-corrected chi connectivity index (χ4v) is 1.78. The van der Waals surface area contributed by atoms with Crippen LogP contribution in [0.2, 0.25) is 0 Å². The largest absolute Gasteiger partial charge is 0.480 e. The third-order valence-electron chi connectivity index (χ3n) is 2.71. The Hall–Kier alpha value is -1.26. The zero-order valence-electron chi connectivity index (χ0n) is 12.4. The van der Waals surface area contributed by atoms with Gasteiger partial charge in [-0.15, -0.1) is 0 Å². The van der Waals surface area contributed by atoms with Gasteiger partial charge in [-0.2, -0.15) is 0 Å². The molecule has 0 saturated carbocycles. The van der Waals surface area contributed by atoms with Crippen LogP contribution in [0.3, 0.4) is 0 Å². The van der Waals surface area contributed by atoms with Crippen LogP contribution >= 0.6 is 0 Å². The smallest absolute Gasteiger partial charge is 0.323 e. The van der Waals surface area contributed by atoms with Crippen molar-refractivity contribution in [1.82, 2.24) is 9.80 Å². The average molecular weight is 258 g/mol. The molecule has 0 rings (SSSR count). The number of hydrogen-bond donors (Lipinski definition) is 1. The molecule has 5 nitrogen and oxygen atoms in total. The second kappa shape index (κ2) is 6.61. The third-order valence-corrected chi connectivity index (χ3v) is 2.71. The van der Waals surface area contributed by atoms with Gasteiger partial charge in [0, 0.05) is 19.6 Å². The van der Waals surface area contributed by atoms with Gasteiger partial charge in [-0.25, -0.2) is 4.79 Å². The van der Waals surface area contributed by atoms with E-state index in [-0.39, 0.29) is 24.0 Å². The summed E-state index contributed by atoms with van der Waals surface area (Å²) in [6.45, 7) is 10.3. The average Bonchev–Trinajstić information content (AvgIpc) is 2.21. The van der Waals surface area contributed by atoms with E-state index in [0.717, 1.165) is 6.42 Å². The van der Waals surface area contributed by atoms with Crippen LogP contribution < -0.4 is 0 Å². The number of hydrogen-bond acceptors (Lipinski definition) is 2. The molecule has 1 N–H and O–H groups in total. The van der Waals surface area contributed by atoms with Crippen molar-refractivity contribution in [2.75, 3.05) is 20.1 Å². The number of aliphatic carboxylic acids is 1. The SMILES string of the molecule is CCC(C)N(CC(=O)O)C(=O)N(C)CC(C)(C)C. The van der Waals surface area contributed by atoms with E-state index < -0.39 is 5.97 Å². The summed E-state index contributed by atoms with van der Waals surface area (Å²) in [6.07, 6.45) is 0.738. The summed E-state index contributed by atoms with van der Waals surface area (Å²) in [5.41, 5.74) is -0.00520. The maximum Gasteiger partial charge on any atom is 0.323 e. The van der Waals surface area contributed by atoms with E-state index >= 15 is 0 Å². The van der Waals surface area contributed by atoms with Gasteiger partial charge in [0.2, 0.25) is 0 Å². The van der Waals surface area contributed by atoms with E-state index in [1.165, 1.54) is 4.90 Å². The molecule has 0 fully saturated rings. The molecule has 1 atom stereocenters. The summed E-state index contributed by atoms with van der Waals surface area (Å²) in [6, 6.07) is -0.294. The highest BCUT2D eigenvalue weighted by Crippen LogP contribution is 2.16. The zero-order chi connectivity index (χ0) is 14.5. The van der Waals surface area contributed by atoms with Crippen molar-refractivity contribution in [2.24, 2.45) is 5.41 Å². The van der Waals surface area contributed by atoms with Gasteiger partial charge in [0.05, 0.1) is 0 Å². The van der Waals surface area contributed by atoms with Crippen molar-refractivity contribution in [2.45, 2.75) is 47.1 Å². The molecule has 0 spiro atoms. The van der Waals surface area contributed by atoms with Gasteiger partial charge in [-0.3, -0.25) is 4.79 Å². The fourth-order valence-electron chi connectivity index (χ4n) is 1.78. The zero-order valence-corrected chi connectivity index (χ0v) is 12.4. The first kappa shape index (κ1) is 16.7. The number of carbonyl (C=O) groups excluding carboxylic acids is 1. The normalized spacial score (nSPS) is 13.0. The molecule has 0 aromatic carbocycles. The molecule has 0 aliphatic rings. The van der Waals surface area contributed by atoms with Crippen LogP contribution in [0, 0.1) is 5.41 Å². The maximum absolute atomic E-state index is 12.2. The molecule has 0 bridgehead atoms. The molecule has 2 amide bonds. The minimum Gasteiger partial charge on any atom is -0.480 e. The number of urea groups is 1. The summed E-state index contributed by atoms with van der Waals surface area (Å²) in [7, 11) is 1.71. The summed E-state index contributed by atoms with van der Waals surface area (Å²) in [5, 5.41) is 8.88. The van der Waals surface area contributed by atoms with Gasteiger partial charge in [0.15, 0.2) is 0 Å². The standard InChI is InChI=1S/C13H26N2O3/c1-7-10(2)15(8-11(16)17)12(18)14(6)9-13(3,4)5/h10H,7-9H2,1-6H3,(H,16,17). The number of carbonyl (C=O) groups is 2. The molecule has 1 unspecified atom stereocenters. The second-order valence-corrected chi connectivity index (χ2v) is 5.98. The lowest BCUT2D eigenvalue weighted by Gasteiger charge is -2.34. The first-order valence-corrected chi connectivity index (χ1v) is 6.32. The van der Waals surface area contributed by atoms with Crippen molar-refractivity contribution in [3.05, 3.63) is 0 Å². The van der Waals surface area contributed by atoms with Crippen LogP contribution in [0.15, 0.2) is 0 Å². The quantitative estimate of drug-likeness (QED) is 0.823. The Kier molecular flexibility index (Phi) is 6.15. The highest BCUT2D eigenvalue weighted by atomic mass is 16.4. The second-order valence-electron chi connectivity index (χ2n) is 5.98. The Labute approximate surface area is 110 Å². The third kappa shape index (κ3) is 5.89. The monoisotopic (exact) mass is 258 g/mol. The molecule has 0 aliphatic carbocycles. The van der Waals surface area contributed by atoms with Crippen molar-refractivity contribution >= 4 is 12.0 Å². The van der Waals surface area contributed by atoms with Crippen molar-refractivity contribution in [1.29, 1.82) is 0 Å². The maximum atomic E-state index is 12.2. The van der Waals surface area contributed by atoms with Gasteiger partial charge in [-0.1, -0.05) is 27.7 Å². The van der Waals surface area contributed by atoms with E-state index in [2.05, 4.69) is 0 Å². The molecule has 0 aromatic rings. The van der Waals surface area contributed by atoms with Gasteiger partial charge >= 0.3 is 12.0 Å². The van der Waals surface area contributed by atoms with E-state index in [4.69, 9.17) is 5.11 Å².